The summed E-state index contributed by atoms with van der Waals surface area (Å²) in [5.41, 5.74) is 5.84. The molecule has 1 heterocycles. The summed E-state index contributed by atoms with van der Waals surface area (Å²) in [7, 11) is 0. The highest BCUT2D eigenvalue weighted by Gasteiger charge is 2.25. The lowest BCUT2D eigenvalue weighted by Crippen LogP contribution is -2.50. The molecule has 2 fully saturated rings. The Hall–Kier alpha value is -0.650. The topological polar surface area (TPSA) is 78.6 Å². The maximum absolute atomic E-state index is 11.9. The van der Waals surface area contributed by atoms with Gasteiger partial charge in [-0.3, -0.25) is 9.69 Å². The first-order valence-electron chi connectivity index (χ1n) is 7.10. The van der Waals surface area contributed by atoms with Crippen molar-refractivity contribution >= 4 is 5.91 Å². The molecule has 0 radical (unpaired) electrons. The number of amides is 1. The second kappa shape index (κ2) is 6.50. The minimum absolute atomic E-state index is 0.0384. The minimum Gasteiger partial charge on any atom is -0.391 e. The van der Waals surface area contributed by atoms with Gasteiger partial charge in [-0.25, -0.2) is 0 Å². The van der Waals surface area contributed by atoms with Gasteiger partial charge in [0.25, 0.3) is 0 Å². The number of aliphatic hydroxyl groups is 1. The van der Waals surface area contributed by atoms with Crippen molar-refractivity contribution < 1.29 is 9.90 Å². The lowest BCUT2D eigenvalue weighted by molar-refractivity contribution is -0.124. The molecule has 1 aliphatic carbocycles. The number of nitrogens with two attached hydrogens (primary N) is 1. The molecule has 1 amide bonds. The van der Waals surface area contributed by atoms with Crippen LogP contribution in [0.25, 0.3) is 0 Å². The molecular formula is C13H25N3O2. The molecule has 2 unspecified atom stereocenters. The normalized spacial score (nSPS) is 31.2. The molecule has 2 rings (SSSR count). The lowest BCUT2D eigenvalue weighted by atomic mass is 9.92. The smallest absolute Gasteiger partial charge is 0.234 e. The third-order valence-corrected chi connectivity index (χ3v) is 4.08. The van der Waals surface area contributed by atoms with Crippen LogP contribution in [-0.4, -0.2) is 53.7 Å². The zero-order chi connectivity index (χ0) is 13.0. The van der Waals surface area contributed by atoms with E-state index in [4.69, 9.17) is 5.73 Å². The number of piperidine rings is 1. The van der Waals surface area contributed by atoms with Gasteiger partial charge in [-0.15, -0.1) is 0 Å². The summed E-state index contributed by atoms with van der Waals surface area (Å²) in [4.78, 5) is 14.1. The molecule has 0 aromatic rings. The zero-order valence-electron chi connectivity index (χ0n) is 11.0. The van der Waals surface area contributed by atoms with Gasteiger partial charge in [0.2, 0.25) is 5.91 Å². The van der Waals surface area contributed by atoms with Crippen molar-refractivity contribution in [3.63, 3.8) is 0 Å². The molecule has 5 heteroatoms. The second-order valence-corrected chi connectivity index (χ2v) is 5.64. The first-order valence-corrected chi connectivity index (χ1v) is 7.10. The van der Waals surface area contributed by atoms with Crippen LogP contribution in [0.4, 0.5) is 0 Å². The minimum atomic E-state index is -0.363. The summed E-state index contributed by atoms with van der Waals surface area (Å²) in [5, 5.41) is 12.8. The number of hydrogen-bond donors (Lipinski definition) is 3. The van der Waals surface area contributed by atoms with Gasteiger partial charge in [0.1, 0.15) is 0 Å². The highest BCUT2D eigenvalue weighted by atomic mass is 16.3. The van der Waals surface area contributed by atoms with Crippen LogP contribution in [-0.2, 0) is 4.79 Å². The lowest BCUT2D eigenvalue weighted by Gasteiger charge is -2.32. The fraction of sp³-hybridized carbons (Fsp3) is 0.923. The molecule has 5 nitrogen and oxygen atoms in total. The Labute approximate surface area is 109 Å². The molecule has 0 bridgehead atoms. The predicted octanol–water partition coefficient (Wildman–Crippen LogP) is -0.171. The summed E-state index contributed by atoms with van der Waals surface area (Å²) in [6.07, 6.45) is 5.45. The molecule has 1 saturated heterocycles. The predicted molar refractivity (Wildman–Crippen MR) is 70.1 cm³/mol. The number of carbonyl (C=O) groups excluding carboxylic acids is 1. The first kappa shape index (κ1) is 13.8. The van der Waals surface area contributed by atoms with Gasteiger partial charge in [-0.05, 0) is 25.7 Å². The summed E-state index contributed by atoms with van der Waals surface area (Å²) < 4.78 is 0. The van der Waals surface area contributed by atoms with Crippen LogP contribution < -0.4 is 11.1 Å². The third kappa shape index (κ3) is 3.93. The fourth-order valence-corrected chi connectivity index (χ4v) is 2.85. The largest absolute Gasteiger partial charge is 0.391 e. The average molecular weight is 255 g/mol. The summed E-state index contributed by atoms with van der Waals surface area (Å²) >= 11 is 0. The van der Waals surface area contributed by atoms with Crippen molar-refractivity contribution in [3.05, 3.63) is 0 Å². The summed E-state index contributed by atoms with van der Waals surface area (Å²) in [6, 6.07) is 0.253. The van der Waals surface area contributed by atoms with E-state index < -0.39 is 0 Å². The monoisotopic (exact) mass is 255 g/mol. The quantitative estimate of drug-likeness (QED) is 0.654. The van der Waals surface area contributed by atoms with Crippen molar-refractivity contribution in [2.24, 2.45) is 5.73 Å². The average Bonchev–Trinajstić information content (AvgIpc) is 2.35. The van der Waals surface area contributed by atoms with Crippen molar-refractivity contribution in [2.75, 3.05) is 19.6 Å². The molecule has 0 aromatic heterocycles. The Morgan fingerprint density at radius 1 is 1.22 bits per heavy atom. The van der Waals surface area contributed by atoms with Gasteiger partial charge in [-0.2, -0.15) is 0 Å². The van der Waals surface area contributed by atoms with Gasteiger partial charge in [0.15, 0.2) is 0 Å². The Morgan fingerprint density at radius 2 is 1.89 bits per heavy atom. The number of nitrogens with one attached hydrogen (secondary N) is 1. The molecule has 1 aliphatic heterocycles. The summed E-state index contributed by atoms with van der Waals surface area (Å²) in [6.45, 7) is 2.25. The summed E-state index contributed by atoms with van der Waals surface area (Å²) in [5.74, 6) is 0.0384. The van der Waals surface area contributed by atoms with Crippen molar-refractivity contribution in [3.8, 4) is 0 Å². The number of likely N-dealkylation sites (tertiary alicyclic amines) is 1. The van der Waals surface area contributed by atoms with Crippen molar-refractivity contribution in [1.29, 1.82) is 0 Å². The Morgan fingerprint density at radius 3 is 2.56 bits per heavy atom. The van der Waals surface area contributed by atoms with Crippen LogP contribution in [0.3, 0.4) is 0 Å². The van der Waals surface area contributed by atoms with Gasteiger partial charge < -0.3 is 16.2 Å². The van der Waals surface area contributed by atoms with E-state index in [1.807, 2.05) is 0 Å². The molecule has 104 valence electrons. The van der Waals surface area contributed by atoms with E-state index in [0.29, 0.717) is 12.6 Å². The fourth-order valence-electron chi connectivity index (χ4n) is 2.85. The van der Waals surface area contributed by atoms with E-state index in [1.54, 1.807) is 0 Å². The number of nitrogens with zero attached hydrogens (tertiary/aromatic N) is 1. The molecule has 4 N–H and O–H groups in total. The second-order valence-electron chi connectivity index (χ2n) is 5.64. The highest BCUT2D eigenvalue weighted by molar-refractivity contribution is 5.78. The van der Waals surface area contributed by atoms with Crippen molar-refractivity contribution in [2.45, 2.75) is 56.7 Å². The van der Waals surface area contributed by atoms with E-state index in [1.165, 1.54) is 0 Å². The first-order chi connectivity index (χ1) is 8.65. The Bertz CT molecular complexity index is 277. The molecule has 2 atom stereocenters. The molecule has 0 spiro atoms. The van der Waals surface area contributed by atoms with Gasteiger partial charge >= 0.3 is 0 Å². The van der Waals surface area contributed by atoms with Gasteiger partial charge in [0.05, 0.1) is 18.7 Å². The van der Waals surface area contributed by atoms with Gasteiger partial charge in [0, 0.05) is 19.1 Å². The van der Waals surface area contributed by atoms with E-state index in [2.05, 4.69) is 10.2 Å². The van der Waals surface area contributed by atoms with Crippen LogP contribution >= 0.6 is 0 Å². The molecule has 2 aliphatic rings. The van der Waals surface area contributed by atoms with Crippen LogP contribution in [0.15, 0.2) is 0 Å². The molecular weight excluding hydrogens is 230 g/mol. The van der Waals surface area contributed by atoms with Gasteiger partial charge in [-0.1, -0.05) is 12.8 Å². The number of rotatable bonds is 3. The third-order valence-electron chi connectivity index (χ3n) is 4.08. The molecule has 0 aromatic carbocycles. The Balaban J connectivity index is 1.71. The van der Waals surface area contributed by atoms with E-state index in [-0.39, 0.29) is 18.1 Å². The highest BCUT2D eigenvalue weighted by Crippen LogP contribution is 2.18. The molecule has 1 saturated carbocycles. The van der Waals surface area contributed by atoms with E-state index in [9.17, 15) is 9.90 Å². The number of aliphatic hydroxyl groups excluding tert-OH is 1. The zero-order valence-corrected chi connectivity index (χ0v) is 11.0. The standard InChI is InChI=1S/C13H25N3O2/c14-10-5-7-16(8-6-10)9-13(18)15-11-3-1-2-4-12(11)17/h10-12,17H,1-9,14H2,(H,15,18). The van der Waals surface area contributed by atoms with E-state index >= 15 is 0 Å². The maximum atomic E-state index is 11.9. The van der Waals surface area contributed by atoms with Crippen LogP contribution in [0.5, 0.6) is 0 Å². The molecule has 18 heavy (non-hydrogen) atoms. The number of carbonyl (C=O) groups is 1. The SMILES string of the molecule is NC1CCN(CC(=O)NC2CCCCC2O)CC1. The van der Waals surface area contributed by atoms with E-state index in [0.717, 1.165) is 51.6 Å². The van der Waals surface area contributed by atoms with Crippen LogP contribution in [0.1, 0.15) is 38.5 Å². The Kier molecular flexibility index (Phi) is 4.97. The maximum Gasteiger partial charge on any atom is 0.234 e. The number of hydrogen-bond acceptors (Lipinski definition) is 4. The van der Waals surface area contributed by atoms with Crippen LogP contribution in [0.2, 0.25) is 0 Å². The van der Waals surface area contributed by atoms with Crippen molar-refractivity contribution in [1.82, 2.24) is 10.2 Å². The van der Waals surface area contributed by atoms with Crippen LogP contribution in [0, 0.1) is 0 Å².